The Bertz CT molecular complexity index is 999. The third kappa shape index (κ3) is 3.36. The van der Waals surface area contributed by atoms with Gasteiger partial charge < -0.3 is 5.32 Å². The van der Waals surface area contributed by atoms with Crippen molar-refractivity contribution in [2.75, 3.05) is 5.32 Å². The summed E-state index contributed by atoms with van der Waals surface area (Å²) in [6.07, 6.45) is 3.31. The van der Waals surface area contributed by atoms with Gasteiger partial charge in [-0.15, -0.1) is 5.10 Å². The van der Waals surface area contributed by atoms with Gasteiger partial charge in [0.15, 0.2) is 0 Å². The maximum atomic E-state index is 12.5. The second-order valence-corrected chi connectivity index (χ2v) is 6.28. The largest absolute Gasteiger partial charge is 0.318 e. The molecule has 0 bridgehead atoms. The van der Waals surface area contributed by atoms with Gasteiger partial charge in [0, 0.05) is 22.2 Å². The average molecular weight is 347 g/mol. The number of para-hydroxylation sites is 1. The minimum atomic E-state index is -0.369. The average Bonchev–Trinajstić information content (AvgIpc) is 3.09. The summed E-state index contributed by atoms with van der Waals surface area (Å²) in [5.74, 6) is 0.101. The van der Waals surface area contributed by atoms with Crippen molar-refractivity contribution in [3.8, 4) is 0 Å². The predicted octanol–water partition coefficient (Wildman–Crippen LogP) is 3.53. The Labute approximate surface area is 147 Å². The Morgan fingerprint density at radius 1 is 1.00 bits per heavy atom. The molecule has 0 fully saturated rings. The van der Waals surface area contributed by atoms with Crippen LogP contribution in [0.3, 0.4) is 0 Å². The molecule has 0 saturated carbocycles. The monoisotopic (exact) mass is 347 g/mol. The van der Waals surface area contributed by atoms with E-state index < -0.39 is 0 Å². The van der Waals surface area contributed by atoms with Crippen LogP contribution in [-0.2, 0) is 0 Å². The summed E-state index contributed by atoms with van der Waals surface area (Å²) in [6, 6.07) is 19.4. The number of carbonyl (C=O) groups excluding carboxylic acids is 1. The van der Waals surface area contributed by atoms with E-state index in [1.807, 2.05) is 54.6 Å². The molecular formula is C18H13N5OS. The minimum absolute atomic E-state index is 0.0817. The zero-order valence-corrected chi connectivity index (χ0v) is 13.9. The number of fused-ring (bicyclic) bond motifs is 1. The predicted molar refractivity (Wildman–Crippen MR) is 95.7 cm³/mol. The summed E-state index contributed by atoms with van der Waals surface area (Å²) in [6.45, 7) is 0. The molecule has 4 rings (SSSR count). The molecule has 7 heteroatoms. The highest BCUT2D eigenvalue weighted by molar-refractivity contribution is 7.99. The van der Waals surface area contributed by atoms with E-state index in [9.17, 15) is 4.79 Å². The van der Waals surface area contributed by atoms with Gasteiger partial charge in [0.05, 0.1) is 5.69 Å². The Kier molecular flexibility index (Phi) is 4.14. The zero-order valence-electron chi connectivity index (χ0n) is 13.0. The molecule has 25 heavy (non-hydrogen) atoms. The maximum Gasteiger partial charge on any atom is 0.295 e. The molecule has 6 nitrogen and oxygen atoms in total. The van der Waals surface area contributed by atoms with Crippen molar-refractivity contribution in [3.05, 3.63) is 78.9 Å². The van der Waals surface area contributed by atoms with Gasteiger partial charge >= 0.3 is 0 Å². The quantitative estimate of drug-likeness (QED) is 0.611. The lowest BCUT2D eigenvalue weighted by Gasteiger charge is -2.09. The first-order chi connectivity index (χ1) is 12.3. The molecule has 0 aliphatic heterocycles. The van der Waals surface area contributed by atoms with E-state index in [1.165, 1.54) is 4.52 Å². The second kappa shape index (κ2) is 6.74. The lowest BCUT2D eigenvalue weighted by atomic mass is 10.3. The number of hydrogen-bond donors (Lipinski definition) is 1. The first-order valence-corrected chi connectivity index (χ1v) is 8.42. The third-order valence-corrected chi connectivity index (χ3v) is 4.51. The number of carbonyl (C=O) groups is 1. The number of nitrogens with one attached hydrogen (secondary N) is 1. The first kappa shape index (κ1) is 15.3. The maximum absolute atomic E-state index is 12.5. The molecule has 1 amide bonds. The van der Waals surface area contributed by atoms with E-state index in [-0.39, 0.29) is 11.7 Å². The molecule has 0 radical (unpaired) electrons. The second-order valence-electron chi connectivity index (χ2n) is 5.17. The standard InChI is InChI=1S/C18H13N5OS/c24-17(16-21-18-19-11-6-12-23(18)22-16)20-14-9-4-5-10-15(14)25-13-7-2-1-3-8-13/h1-12H,(H,20,24). The fourth-order valence-corrected chi connectivity index (χ4v) is 3.20. The summed E-state index contributed by atoms with van der Waals surface area (Å²) in [7, 11) is 0. The SMILES string of the molecule is O=C(Nc1ccccc1Sc1ccccc1)c1nc2ncccn2n1. The lowest BCUT2D eigenvalue weighted by molar-refractivity contribution is 0.101. The normalized spacial score (nSPS) is 10.7. The van der Waals surface area contributed by atoms with Gasteiger partial charge in [0.1, 0.15) is 0 Å². The van der Waals surface area contributed by atoms with Crippen LogP contribution in [0.2, 0.25) is 0 Å². The first-order valence-electron chi connectivity index (χ1n) is 7.60. The molecule has 0 saturated heterocycles. The topological polar surface area (TPSA) is 72.2 Å². The summed E-state index contributed by atoms with van der Waals surface area (Å²) in [5, 5.41) is 7.03. The van der Waals surface area contributed by atoms with Crippen molar-refractivity contribution < 1.29 is 4.79 Å². The number of aromatic nitrogens is 4. The van der Waals surface area contributed by atoms with E-state index in [0.717, 1.165) is 9.79 Å². The molecule has 0 unspecified atom stereocenters. The van der Waals surface area contributed by atoms with E-state index in [1.54, 1.807) is 30.2 Å². The fourth-order valence-electron chi connectivity index (χ4n) is 2.28. The summed E-state index contributed by atoms with van der Waals surface area (Å²) >= 11 is 1.58. The van der Waals surface area contributed by atoms with Gasteiger partial charge in [-0.3, -0.25) is 4.79 Å². The Morgan fingerprint density at radius 2 is 1.80 bits per heavy atom. The number of rotatable bonds is 4. The number of anilines is 1. The lowest BCUT2D eigenvalue weighted by Crippen LogP contribution is -2.14. The van der Waals surface area contributed by atoms with Crippen LogP contribution in [0.25, 0.3) is 5.78 Å². The van der Waals surface area contributed by atoms with Crippen molar-refractivity contribution >= 4 is 29.1 Å². The summed E-state index contributed by atoms with van der Waals surface area (Å²) in [5.41, 5.74) is 0.716. The number of amides is 1. The van der Waals surface area contributed by atoms with Crippen LogP contribution in [0.1, 0.15) is 10.6 Å². The van der Waals surface area contributed by atoms with E-state index >= 15 is 0 Å². The summed E-state index contributed by atoms with van der Waals surface area (Å²) < 4.78 is 1.47. The van der Waals surface area contributed by atoms with Crippen molar-refractivity contribution in [1.82, 2.24) is 19.6 Å². The number of nitrogens with zero attached hydrogens (tertiary/aromatic N) is 4. The molecule has 1 N–H and O–H groups in total. The smallest absolute Gasteiger partial charge is 0.295 e. The van der Waals surface area contributed by atoms with Gasteiger partial charge in [0.2, 0.25) is 5.82 Å². The third-order valence-electron chi connectivity index (χ3n) is 3.43. The van der Waals surface area contributed by atoms with Crippen LogP contribution in [0.5, 0.6) is 0 Å². The molecule has 0 spiro atoms. The van der Waals surface area contributed by atoms with Crippen molar-refractivity contribution in [2.24, 2.45) is 0 Å². The highest BCUT2D eigenvalue weighted by Gasteiger charge is 2.15. The minimum Gasteiger partial charge on any atom is -0.318 e. The molecule has 2 aromatic heterocycles. The fraction of sp³-hybridized carbons (Fsp3) is 0. The van der Waals surface area contributed by atoms with E-state index in [0.29, 0.717) is 11.5 Å². The van der Waals surface area contributed by atoms with Gasteiger partial charge in [0.25, 0.3) is 11.7 Å². The van der Waals surface area contributed by atoms with Gasteiger partial charge in [-0.1, -0.05) is 42.1 Å². The highest BCUT2D eigenvalue weighted by Crippen LogP contribution is 2.33. The number of benzene rings is 2. The molecule has 122 valence electrons. The molecule has 4 aromatic rings. The Hall–Kier alpha value is -3.19. The highest BCUT2D eigenvalue weighted by atomic mass is 32.2. The molecule has 2 heterocycles. The molecule has 0 atom stereocenters. The van der Waals surface area contributed by atoms with Crippen LogP contribution in [0, 0.1) is 0 Å². The molecule has 0 aliphatic rings. The van der Waals surface area contributed by atoms with Crippen LogP contribution in [0.15, 0.2) is 82.8 Å². The van der Waals surface area contributed by atoms with Gasteiger partial charge in [-0.25, -0.2) is 9.50 Å². The summed E-state index contributed by atoms with van der Waals surface area (Å²) in [4.78, 5) is 22.8. The Morgan fingerprint density at radius 3 is 2.64 bits per heavy atom. The van der Waals surface area contributed by atoms with Crippen LogP contribution in [0.4, 0.5) is 5.69 Å². The van der Waals surface area contributed by atoms with Crippen LogP contribution >= 0.6 is 11.8 Å². The number of hydrogen-bond acceptors (Lipinski definition) is 5. The van der Waals surface area contributed by atoms with Gasteiger partial charge in [-0.2, -0.15) is 4.98 Å². The van der Waals surface area contributed by atoms with Crippen LogP contribution in [-0.4, -0.2) is 25.5 Å². The molecule has 0 aliphatic carbocycles. The van der Waals surface area contributed by atoms with Crippen LogP contribution < -0.4 is 5.32 Å². The van der Waals surface area contributed by atoms with E-state index in [4.69, 9.17) is 0 Å². The Balaban J connectivity index is 1.59. The molecule has 2 aromatic carbocycles. The zero-order chi connectivity index (χ0) is 17.1. The van der Waals surface area contributed by atoms with Crippen molar-refractivity contribution in [2.45, 2.75) is 9.79 Å². The van der Waals surface area contributed by atoms with E-state index in [2.05, 4.69) is 20.4 Å². The van der Waals surface area contributed by atoms with Crippen molar-refractivity contribution in [3.63, 3.8) is 0 Å². The molecular weight excluding hydrogens is 334 g/mol. The van der Waals surface area contributed by atoms with Crippen molar-refractivity contribution in [1.29, 1.82) is 0 Å². The van der Waals surface area contributed by atoms with Gasteiger partial charge in [-0.05, 0) is 30.3 Å².